The van der Waals surface area contributed by atoms with Crippen LogP contribution in [0.5, 0.6) is 0 Å². The van der Waals surface area contributed by atoms with Gasteiger partial charge in [0.1, 0.15) is 5.82 Å². The SMILES string of the molecule is CSC(CO)C(C)NC(C)c1ccc(-n2ccnc2C)cc1. The number of hydrogen-bond donors (Lipinski definition) is 2. The van der Waals surface area contributed by atoms with Gasteiger partial charge in [-0.25, -0.2) is 4.98 Å². The number of hydrogen-bond acceptors (Lipinski definition) is 4. The van der Waals surface area contributed by atoms with Crippen molar-refractivity contribution in [3.8, 4) is 5.69 Å². The van der Waals surface area contributed by atoms with Crippen LogP contribution in [0.15, 0.2) is 36.7 Å². The molecule has 0 saturated heterocycles. The second kappa shape index (κ2) is 7.81. The fraction of sp³-hybridized carbons (Fsp3) is 0.471. The molecule has 120 valence electrons. The van der Waals surface area contributed by atoms with E-state index in [0.717, 1.165) is 11.5 Å². The van der Waals surface area contributed by atoms with Gasteiger partial charge in [-0.2, -0.15) is 11.8 Å². The molecule has 0 spiro atoms. The number of nitrogens with zero attached hydrogens (tertiary/aromatic N) is 2. The second-order valence-electron chi connectivity index (χ2n) is 5.57. The molecule has 0 saturated carbocycles. The summed E-state index contributed by atoms with van der Waals surface area (Å²) < 4.78 is 2.07. The standard InChI is InChI=1S/C17H25N3OS/c1-12(19-13(2)17(11-21)22-4)15-5-7-16(8-6-15)20-10-9-18-14(20)3/h5-10,12-13,17,19,21H,11H2,1-4H3. The predicted molar refractivity (Wildman–Crippen MR) is 93.7 cm³/mol. The van der Waals surface area contributed by atoms with Crippen LogP contribution in [0.3, 0.4) is 0 Å². The summed E-state index contributed by atoms with van der Waals surface area (Å²) in [6.07, 6.45) is 5.82. The highest BCUT2D eigenvalue weighted by molar-refractivity contribution is 7.99. The van der Waals surface area contributed by atoms with Crippen molar-refractivity contribution >= 4 is 11.8 Å². The van der Waals surface area contributed by atoms with Crippen molar-refractivity contribution in [3.63, 3.8) is 0 Å². The maximum Gasteiger partial charge on any atom is 0.110 e. The molecule has 1 aromatic carbocycles. The zero-order valence-corrected chi connectivity index (χ0v) is 14.5. The fourth-order valence-electron chi connectivity index (χ4n) is 2.61. The highest BCUT2D eigenvalue weighted by Crippen LogP contribution is 2.19. The number of thioether (sulfide) groups is 1. The molecule has 0 amide bonds. The molecule has 5 heteroatoms. The highest BCUT2D eigenvalue weighted by atomic mass is 32.2. The van der Waals surface area contributed by atoms with E-state index in [1.165, 1.54) is 5.56 Å². The first-order valence-electron chi connectivity index (χ1n) is 7.56. The molecule has 2 aromatic rings. The van der Waals surface area contributed by atoms with Crippen LogP contribution in [-0.4, -0.2) is 38.8 Å². The van der Waals surface area contributed by atoms with Crippen molar-refractivity contribution in [3.05, 3.63) is 48.0 Å². The van der Waals surface area contributed by atoms with E-state index in [1.54, 1.807) is 11.8 Å². The Balaban J connectivity index is 2.05. The van der Waals surface area contributed by atoms with Gasteiger partial charge in [0.25, 0.3) is 0 Å². The summed E-state index contributed by atoms with van der Waals surface area (Å²) in [7, 11) is 0. The van der Waals surface area contributed by atoms with Crippen molar-refractivity contribution in [1.29, 1.82) is 0 Å². The van der Waals surface area contributed by atoms with Crippen LogP contribution in [0.2, 0.25) is 0 Å². The van der Waals surface area contributed by atoms with Crippen LogP contribution >= 0.6 is 11.8 Å². The quantitative estimate of drug-likeness (QED) is 0.824. The number of imidazole rings is 1. The Labute approximate surface area is 137 Å². The molecule has 0 aliphatic carbocycles. The summed E-state index contributed by atoms with van der Waals surface area (Å²) in [6, 6.07) is 9.02. The van der Waals surface area contributed by atoms with Gasteiger partial charge in [0, 0.05) is 35.4 Å². The Bertz CT molecular complexity index is 578. The number of benzene rings is 1. The van der Waals surface area contributed by atoms with Gasteiger partial charge in [0.2, 0.25) is 0 Å². The normalized spacial score (nSPS) is 15.5. The van der Waals surface area contributed by atoms with Gasteiger partial charge in [0.05, 0.1) is 6.61 Å². The van der Waals surface area contributed by atoms with Crippen LogP contribution in [0, 0.1) is 6.92 Å². The Kier molecular flexibility index (Phi) is 6.06. The Hall–Kier alpha value is -1.30. The molecule has 0 aliphatic heterocycles. The van der Waals surface area contributed by atoms with Gasteiger partial charge in [-0.15, -0.1) is 0 Å². The minimum absolute atomic E-state index is 0.195. The molecule has 3 unspecified atom stereocenters. The summed E-state index contributed by atoms with van der Waals surface area (Å²) in [4.78, 5) is 4.25. The van der Waals surface area contributed by atoms with Crippen LogP contribution in [0.1, 0.15) is 31.3 Å². The Morgan fingerprint density at radius 3 is 2.45 bits per heavy atom. The average molecular weight is 319 g/mol. The van der Waals surface area contributed by atoms with Crippen LogP contribution in [0.4, 0.5) is 0 Å². The first-order valence-corrected chi connectivity index (χ1v) is 8.85. The van der Waals surface area contributed by atoms with Crippen molar-refractivity contribution in [2.75, 3.05) is 12.9 Å². The van der Waals surface area contributed by atoms with Gasteiger partial charge in [-0.05, 0) is 44.7 Å². The molecule has 2 N–H and O–H groups in total. The molecule has 0 bridgehead atoms. The topological polar surface area (TPSA) is 50.1 Å². The average Bonchev–Trinajstić information content (AvgIpc) is 2.94. The van der Waals surface area contributed by atoms with E-state index >= 15 is 0 Å². The summed E-state index contributed by atoms with van der Waals surface area (Å²) in [5, 5.41) is 13.2. The third-order valence-corrected chi connectivity index (χ3v) is 5.21. The molecule has 0 aliphatic rings. The van der Waals surface area contributed by atoms with E-state index in [2.05, 4.69) is 53.0 Å². The maximum atomic E-state index is 9.38. The van der Waals surface area contributed by atoms with Gasteiger partial charge in [0.15, 0.2) is 0 Å². The highest BCUT2D eigenvalue weighted by Gasteiger charge is 2.17. The lowest BCUT2D eigenvalue weighted by Gasteiger charge is -2.25. The second-order valence-corrected chi connectivity index (χ2v) is 6.65. The molecule has 0 radical (unpaired) electrons. The molecule has 0 fully saturated rings. The minimum atomic E-state index is 0.195. The third-order valence-electron chi connectivity index (χ3n) is 4.05. The van der Waals surface area contributed by atoms with Gasteiger partial charge in [-0.3, -0.25) is 0 Å². The third kappa shape index (κ3) is 3.91. The summed E-state index contributed by atoms with van der Waals surface area (Å²) in [5.74, 6) is 0.985. The lowest BCUT2D eigenvalue weighted by Crippen LogP contribution is -2.38. The number of nitrogens with one attached hydrogen (secondary N) is 1. The van der Waals surface area contributed by atoms with Crippen LogP contribution in [-0.2, 0) is 0 Å². The van der Waals surface area contributed by atoms with E-state index < -0.39 is 0 Å². The van der Waals surface area contributed by atoms with Crippen LogP contribution < -0.4 is 5.32 Å². The number of aliphatic hydroxyl groups is 1. The van der Waals surface area contributed by atoms with Gasteiger partial charge < -0.3 is 15.0 Å². The summed E-state index contributed by atoms with van der Waals surface area (Å²) in [5.41, 5.74) is 2.36. The lowest BCUT2D eigenvalue weighted by molar-refractivity contribution is 0.272. The lowest BCUT2D eigenvalue weighted by atomic mass is 10.1. The van der Waals surface area contributed by atoms with Crippen LogP contribution in [0.25, 0.3) is 5.69 Å². The monoisotopic (exact) mass is 319 g/mol. The fourth-order valence-corrected chi connectivity index (χ4v) is 3.24. The maximum absolute atomic E-state index is 9.38. The molecular formula is C17H25N3OS. The van der Waals surface area contributed by atoms with E-state index in [9.17, 15) is 5.11 Å². The summed E-state index contributed by atoms with van der Waals surface area (Å²) in [6.45, 7) is 6.47. The largest absolute Gasteiger partial charge is 0.395 e. The number of aryl methyl sites for hydroxylation is 1. The zero-order chi connectivity index (χ0) is 16.1. The first-order chi connectivity index (χ1) is 10.6. The zero-order valence-electron chi connectivity index (χ0n) is 13.7. The number of aliphatic hydroxyl groups excluding tert-OH is 1. The van der Waals surface area contributed by atoms with Crippen molar-refractivity contribution in [1.82, 2.24) is 14.9 Å². The molecule has 22 heavy (non-hydrogen) atoms. The van der Waals surface area contributed by atoms with E-state index in [1.807, 2.05) is 25.6 Å². The smallest absolute Gasteiger partial charge is 0.110 e. The van der Waals surface area contributed by atoms with Gasteiger partial charge >= 0.3 is 0 Å². The molecule has 1 heterocycles. The molecule has 3 atom stereocenters. The van der Waals surface area contributed by atoms with E-state index in [-0.39, 0.29) is 23.9 Å². The molecule has 2 rings (SSSR count). The van der Waals surface area contributed by atoms with Crippen molar-refractivity contribution < 1.29 is 5.11 Å². The van der Waals surface area contributed by atoms with Gasteiger partial charge in [-0.1, -0.05) is 12.1 Å². The Morgan fingerprint density at radius 2 is 1.95 bits per heavy atom. The molecular weight excluding hydrogens is 294 g/mol. The van der Waals surface area contributed by atoms with Crippen molar-refractivity contribution in [2.24, 2.45) is 0 Å². The first kappa shape index (κ1) is 17.1. The van der Waals surface area contributed by atoms with Crippen molar-refractivity contribution in [2.45, 2.75) is 38.1 Å². The summed E-state index contributed by atoms with van der Waals surface area (Å²) >= 11 is 1.69. The molecule has 1 aromatic heterocycles. The van der Waals surface area contributed by atoms with E-state index in [0.29, 0.717) is 0 Å². The molecule has 4 nitrogen and oxygen atoms in total. The Morgan fingerprint density at radius 1 is 1.27 bits per heavy atom. The number of rotatable bonds is 7. The number of aromatic nitrogens is 2. The van der Waals surface area contributed by atoms with E-state index in [4.69, 9.17) is 0 Å². The predicted octanol–water partition coefficient (Wildman–Crippen LogP) is 2.94. The minimum Gasteiger partial charge on any atom is -0.395 e.